The van der Waals surface area contributed by atoms with Crippen molar-refractivity contribution in [3.8, 4) is 0 Å². The van der Waals surface area contributed by atoms with Crippen LogP contribution in [0.3, 0.4) is 0 Å². The van der Waals surface area contributed by atoms with Crippen molar-refractivity contribution < 1.29 is 8.42 Å². The molecule has 1 aromatic heterocycles. The van der Waals surface area contributed by atoms with Gasteiger partial charge in [0.15, 0.2) is 5.03 Å². The second-order valence-electron chi connectivity index (χ2n) is 4.51. The Bertz CT molecular complexity index is 488. The smallest absolute Gasteiger partial charge is 0.260 e. The van der Waals surface area contributed by atoms with Gasteiger partial charge in [-0.05, 0) is 45.6 Å². The zero-order valence-corrected chi connectivity index (χ0v) is 12.5. The number of sulfonamides is 1. The lowest BCUT2D eigenvalue weighted by molar-refractivity contribution is 0.394. The van der Waals surface area contributed by atoms with Crippen LogP contribution >= 0.6 is 0 Å². The molecular formula is C12H22N4O2S. The number of nitrogens with zero attached hydrogens (tertiary/aromatic N) is 2. The molecule has 0 unspecified atom stereocenters. The van der Waals surface area contributed by atoms with Crippen LogP contribution in [0.5, 0.6) is 0 Å². The van der Waals surface area contributed by atoms with E-state index in [0.29, 0.717) is 12.2 Å². The molecule has 2 N–H and O–H groups in total. The van der Waals surface area contributed by atoms with Crippen molar-refractivity contribution in [3.05, 3.63) is 18.3 Å². The lowest BCUT2D eigenvalue weighted by Gasteiger charge is -2.11. The number of anilines is 1. The van der Waals surface area contributed by atoms with E-state index < -0.39 is 10.0 Å². The van der Waals surface area contributed by atoms with E-state index in [1.165, 1.54) is 6.20 Å². The van der Waals surface area contributed by atoms with Crippen LogP contribution in [0, 0.1) is 0 Å². The highest BCUT2D eigenvalue weighted by Crippen LogP contribution is 2.16. The summed E-state index contributed by atoms with van der Waals surface area (Å²) in [6, 6.07) is 3.38. The van der Waals surface area contributed by atoms with E-state index in [2.05, 4.69) is 19.9 Å². The predicted molar refractivity (Wildman–Crippen MR) is 76.8 cm³/mol. The fourth-order valence-corrected chi connectivity index (χ4v) is 2.83. The maximum atomic E-state index is 12.1. The minimum atomic E-state index is -3.54. The normalized spacial score (nSPS) is 11.8. The molecule has 0 aliphatic carbocycles. The average molecular weight is 286 g/mol. The third-order valence-electron chi connectivity index (χ3n) is 2.62. The predicted octanol–water partition coefficient (Wildman–Crippen LogP) is 0.743. The Hall–Kier alpha value is -1.18. The number of nitrogens with one attached hydrogen (secondary N) is 2. The molecule has 0 amide bonds. The molecule has 0 saturated heterocycles. The first-order valence-corrected chi connectivity index (χ1v) is 7.73. The highest BCUT2D eigenvalue weighted by atomic mass is 32.2. The van der Waals surface area contributed by atoms with Crippen molar-refractivity contribution in [2.24, 2.45) is 0 Å². The van der Waals surface area contributed by atoms with Crippen molar-refractivity contribution in [1.29, 1.82) is 0 Å². The largest absolute Gasteiger partial charge is 0.386 e. The highest BCUT2D eigenvalue weighted by Gasteiger charge is 2.18. The van der Waals surface area contributed by atoms with Crippen molar-refractivity contribution in [2.45, 2.75) is 17.9 Å². The van der Waals surface area contributed by atoms with Gasteiger partial charge in [0.25, 0.3) is 10.0 Å². The van der Waals surface area contributed by atoms with Gasteiger partial charge >= 0.3 is 0 Å². The molecule has 0 aromatic carbocycles. The fraction of sp³-hybridized carbons (Fsp3) is 0.583. The zero-order valence-electron chi connectivity index (χ0n) is 11.7. The van der Waals surface area contributed by atoms with Gasteiger partial charge in [-0.2, -0.15) is 0 Å². The van der Waals surface area contributed by atoms with E-state index in [1.807, 2.05) is 14.1 Å². The summed E-state index contributed by atoms with van der Waals surface area (Å²) in [5.41, 5.74) is 0.503. The second kappa shape index (κ2) is 7.42. The quantitative estimate of drug-likeness (QED) is 0.690. The summed E-state index contributed by atoms with van der Waals surface area (Å²) < 4.78 is 26.7. The number of aromatic nitrogens is 1. The first-order chi connectivity index (χ1) is 8.97. The number of hydrogen-bond acceptors (Lipinski definition) is 5. The Morgan fingerprint density at radius 1 is 1.32 bits per heavy atom. The summed E-state index contributed by atoms with van der Waals surface area (Å²) in [7, 11) is 2.13. The van der Waals surface area contributed by atoms with Gasteiger partial charge in [-0.15, -0.1) is 0 Å². The van der Waals surface area contributed by atoms with Gasteiger partial charge in [0.1, 0.15) is 0 Å². The Kier molecular flexibility index (Phi) is 6.20. The van der Waals surface area contributed by atoms with Crippen LogP contribution in [-0.4, -0.2) is 52.5 Å². The van der Waals surface area contributed by atoms with Crippen LogP contribution in [0.1, 0.15) is 12.8 Å². The molecule has 0 atom stereocenters. The van der Waals surface area contributed by atoms with Crippen molar-refractivity contribution in [3.63, 3.8) is 0 Å². The van der Waals surface area contributed by atoms with Crippen molar-refractivity contribution in [2.75, 3.05) is 39.5 Å². The summed E-state index contributed by atoms with van der Waals surface area (Å²) in [4.78, 5) is 6.00. The van der Waals surface area contributed by atoms with Gasteiger partial charge in [-0.1, -0.05) is 0 Å². The Morgan fingerprint density at radius 3 is 2.68 bits per heavy atom. The minimum absolute atomic E-state index is 0.0464. The minimum Gasteiger partial charge on any atom is -0.386 e. The summed E-state index contributed by atoms with van der Waals surface area (Å²) >= 11 is 0. The molecule has 1 heterocycles. The molecule has 7 heteroatoms. The topological polar surface area (TPSA) is 74.3 Å². The first-order valence-electron chi connectivity index (χ1n) is 6.24. The number of rotatable bonds is 8. The number of hydrogen-bond donors (Lipinski definition) is 2. The van der Waals surface area contributed by atoms with E-state index in [9.17, 15) is 8.42 Å². The molecule has 0 radical (unpaired) electrons. The molecule has 0 bridgehead atoms. The summed E-state index contributed by atoms with van der Waals surface area (Å²) in [5.74, 6) is 0. The van der Waals surface area contributed by atoms with Gasteiger partial charge in [0.2, 0.25) is 0 Å². The Balaban J connectivity index is 2.56. The Morgan fingerprint density at radius 2 is 2.05 bits per heavy atom. The van der Waals surface area contributed by atoms with Crippen LogP contribution in [0.4, 0.5) is 5.69 Å². The maximum Gasteiger partial charge on any atom is 0.260 e. The molecule has 1 aromatic rings. The van der Waals surface area contributed by atoms with Crippen LogP contribution in [0.15, 0.2) is 23.4 Å². The van der Waals surface area contributed by atoms with Gasteiger partial charge < -0.3 is 10.2 Å². The molecule has 0 aliphatic rings. The molecule has 1 rings (SSSR count). The van der Waals surface area contributed by atoms with E-state index >= 15 is 0 Å². The Labute approximate surface area is 115 Å². The van der Waals surface area contributed by atoms with Gasteiger partial charge in [0, 0.05) is 19.8 Å². The lowest BCUT2D eigenvalue weighted by atomic mass is 10.3. The van der Waals surface area contributed by atoms with Crippen molar-refractivity contribution in [1.82, 2.24) is 14.6 Å². The van der Waals surface area contributed by atoms with E-state index in [-0.39, 0.29) is 5.03 Å². The van der Waals surface area contributed by atoms with Gasteiger partial charge in [-0.25, -0.2) is 18.1 Å². The van der Waals surface area contributed by atoms with Crippen molar-refractivity contribution >= 4 is 15.7 Å². The summed E-state index contributed by atoms with van der Waals surface area (Å²) in [6.45, 7) is 1.38. The van der Waals surface area contributed by atoms with E-state index in [1.54, 1.807) is 19.2 Å². The lowest BCUT2D eigenvalue weighted by Crippen LogP contribution is -2.27. The summed E-state index contributed by atoms with van der Waals surface area (Å²) in [6.07, 6.45) is 3.23. The monoisotopic (exact) mass is 286 g/mol. The molecular weight excluding hydrogens is 264 g/mol. The third kappa shape index (κ3) is 5.14. The molecule has 6 nitrogen and oxygen atoms in total. The molecule has 0 spiro atoms. The van der Waals surface area contributed by atoms with Crippen LogP contribution in [0.2, 0.25) is 0 Å². The second-order valence-corrected chi connectivity index (χ2v) is 6.20. The van der Waals surface area contributed by atoms with Gasteiger partial charge in [0.05, 0.1) is 5.69 Å². The van der Waals surface area contributed by atoms with E-state index in [4.69, 9.17) is 0 Å². The average Bonchev–Trinajstić information content (AvgIpc) is 2.37. The molecule has 0 saturated carbocycles. The first kappa shape index (κ1) is 15.9. The summed E-state index contributed by atoms with van der Waals surface area (Å²) in [5, 5.41) is 2.88. The number of pyridine rings is 1. The fourth-order valence-electron chi connectivity index (χ4n) is 1.62. The SMILES string of the molecule is CNc1cccnc1S(=O)(=O)NCCCCN(C)C. The highest BCUT2D eigenvalue weighted by molar-refractivity contribution is 7.89. The molecule has 0 fully saturated rings. The molecule has 108 valence electrons. The molecule has 0 aliphatic heterocycles. The van der Waals surface area contributed by atoms with E-state index in [0.717, 1.165) is 19.4 Å². The van der Waals surface area contributed by atoms with Crippen LogP contribution in [0.25, 0.3) is 0 Å². The van der Waals surface area contributed by atoms with Gasteiger partial charge in [-0.3, -0.25) is 0 Å². The van der Waals surface area contributed by atoms with Crippen LogP contribution < -0.4 is 10.0 Å². The standard InChI is InChI=1S/C12H22N4O2S/c1-13-11-7-6-8-14-12(11)19(17,18)15-9-4-5-10-16(2)3/h6-8,13,15H,4-5,9-10H2,1-3H3. The number of unbranched alkanes of at least 4 members (excludes halogenated alkanes) is 1. The maximum absolute atomic E-state index is 12.1. The molecule has 19 heavy (non-hydrogen) atoms. The van der Waals surface area contributed by atoms with Crippen LogP contribution in [-0.2, 0) is 10.0 Å². The third-order valence-corrected chi connectivity index (χ3v) is 4.04. The zero-order chi connectivity index (χ0) is 14.3.